The number of benzene rings is 2. The van der Waals surface area contributed by atoms with Gasteiger partial charge in [0.1, 0.15) is 11.6 Å². The molecule has 0 bridgehead atoms. The Morgan fingerprint density at radius 3 is 2.24 bits per heavy atom. The van der Waals surface area contributed by atoms with E-state index >= 15 is 0 Å². The lowest BCUT2D eigenvalue weighted by Gasteiger charge is -2.16. The van der Waals surface area contributed by atoms with Gasteiger partial charge >= 0.3 is 0 Å². The van der Waals surface area contributed by atoms with Gasteiger partial charge in [-0.1, -0.05) is 36.4 Å². The molecule has 0 aliphatic carbocycles. The van der Waals surface area contributed by atoms with Crippen LogP contribution in [-0.2, 0) is 12.8 Å². The van der Waals surface area contributed by atoms with Crippen molar-refractivity contribution in [3.8, 4) is 0 Å². The minimum absolute atomic E-state index is 0.0974. The molecule has 4 heteroatoms. The summed E-state index contributed by atoms with van der Waals surface area (Å²) in [6.45, 7) is 0. The molecule has 0 aromatic heterocycles. The largest absolute Gasteiger partial charge is 0.271 e. The van der Waals surface area contributed by atoms with E-state index in [0.29, 0.717) is 0 Å². The van der Waals surface area contributed by atoms with Crippen LogP contribution in [0, 0.1) is 11.6 Å². The van der Waals surface area contributed by atoms with E-state index in [1.807, 2.05) is 18.2 Å². The lowest BCUT2D eigenvalue weighted by Crippen LogP contribution is -2.37. The Balaban J connectivity index is 1.89. The van der Waals surface area contributed by atoms with Gasteiger partial charge in [0.25, 0.3) is 0 Å². The van der Waals surface area contributed by atoms with Crippen LogP contribution >= 0.6 is 0 Å². The van der Waals surface area contributed by atoms with Crippen molar-refractivity contribution in [2.24, 2.45) is 5.84 Å². The minimum atomic E-state index is -0.515. The maximum atomic E-state index is 13.6. The molecule has 0 spiro atoms. The highest BCUT2D eigenvalue weighted by Crippen LogP contribution is 2.16. The molecule has 1 atom stereocenters. The van der Waals surface area contributed by atoms with Crippen LogP contribution in [0.1, 0.15) is 24.0 Å². The van der Waals surface area contributed by atoms with Crippen molar-refractivity contribution in [3.63, 3.8) is 0 Å². The molecule has 0 radical (unpaired) electrons. The maximum Gasteiger partial charge on any atom is 0.129 e. The Kier molecular flexibility index (Phi) is 5.84. The second-order valence-electron chi connectivity index (χ2n) is 5.15. The molecule has 21 heavy (non-hydrogen) atoms. The van der Waals surface area contributed by atoms with Crippen molar-refractivity contribution in [1.29, 1.82) is 0 Å². The standard InChI is InChI=1S/C17H20F2N2/c18-16-10-5-11-17(19)15(16)12-14(21-20)9-4-8-13-6-2-1-3-7-13/h1-3,5-7,10-11,14,21H,4,8-9,12,20H2. The lowest BCUT2D eigenvalue weighted by molar-refractivity contribution is 0.453. The third kappa shape index (κ3) is 4.62. The van der Waals surface area contributed by atoms with E-state index in [1.165, 1.54) is 23.8 Å². The van der Waals surface area contributed by atoms with Gasteiger partial charge in [0.05, 0.1) is 0 Å². The summed E-state index contributed by atoms with van der Waals surface area (Å²) in [5, 5.41) is 0. The highest BCUT2D eigenvalue weighted by molar-refractivity contribution is 5.20. The predicted molar refractivity (Wildman–Crippen MR) is 80.6 cm³/mol. The topological polar surface area (TPSA) is 38.0 Å². The number of nitrogens with two attached hydrogens (primary N) is 1. The summed E-state index contributed by atoms with van der Waals surface area (Å²) < 4.78 is 27.3. The monoisotopic (exact) mass is 290 g/mol. The van der Waals surface area contributed by atoms with Crippen molar-refractivity contribution in [2.75, 3.05) is 0 Å². The van der Waals surface area contributed by atoms with Gasteiger partial charge in [-0.2, -0.15) is 0 Å². The normalized spacial score (nSPS) is 12.3. The molecule has 1 unspecified atom stereocenters. The molecular weight excluding hydrogens is 270 g/mol. The first kappa shape index (κ1) is 15.6. The summed E-state index contributed by atoms with van der Waals surface area (Å²) in [6, 6.07) is 13.9. The molecule has 2 aromatic rings. The molecule has 2 nitrogen and oxygen atoms in total. The van der Waals surface area contributed by atoms with E-state index in [0.717, 1.165) is 19.3 Å². The zero-order valence-corrected chi connectivity index (χ0v) is 11.9. The van der Waals surface area contributed by atoms with Crippen LogP contribution < -0.4 is 11.3 Å². The Morgan fingerprint density at radius 2 is 1.62 bits per heavy atom. The highest BCUT2D eigenvalue weighted by Gasteiger charge is 2.14. The molecular formula is C17H20F2N2. The SMILES string of the molecule is NNC(CCCc1ccccc1)Cc1c(F)cccc1F. The number of hydrogen-bond donors (Lipinski definition) is 2. The third-order valence-corrected chi connectivity index (χ3v) is 3.61. The molecule has 2 aromatic carbocycles. The molecule has 0 aliphatic heterocycles. The van der Waals surface area contributed by atoms with Crippen molar-refractivity contribution in [1.82, 2.24) is 5.43 Å². The molecule has 0 saturated carbocycles. The fourth-order valence-corrected chi connectivity index (χ4v) is 2.42. The van der Waals surface area contributed by atoms with Gasteiger partial charge in [0.2, 0.25) is 0 Å². The van der Waals surface area contributed by atoms with Crippen molar-refractivity contribution in [2.45, 2.75) is 31.7 Å². The fourth-order valence-electron chi connectivity index (χ4n) is 2.42. The van der Waals surface area contributed by atoms with Crippen LogP contribution in [0.4, 0.5) is 8.78 Å². The Hall–Kier alpha value is -1.78. The zero-order valence-electron chi connectivity index (χ0n) is 11.9. The maximum absolute atomic E-state index is 13.6. The van der Waals surface area contributed by atoms with Gasteiger partial charge in [-0.3, -0.25) is 11.3 Å². The van der Waals surface area contributed by atoms with Crippen molar-refractivity contribution < 1.29 is 8.78 Å². The number of rotatable bonds is 7. The van der Waals surface area contributed by atoms with E-state index in [-0.39, 0.29) is 18.0 Å². The first-order valence-corrected chi connectivity index (χ1v) is 7.13. The third-order valence-electron chi connectivity index (χ3n) is 3.61. The van der Waals surface area contributed by atoms with Crippen LogP contribution in [-0.4, -0.2) is 6.04 Å². The van der Waals surface area contributed by atoms with Gasteiger partial charge < -0.3 is 0 Å². The van der Waals surface area contributed by atoms with Gasteiger partial charge in [-0.25, -0.2) is 8.78 Å². The summed E-state index contributed by atoms with van der Waals surface area (Å²) in [5.74, 6) is 4.47. The fraction of sp³-hybridized carbons (Fsp3) is 0.294. The number of hydrogen-bond acceptors (Lipinski definition) is 2. The Bertz CT molecular complexity index is 538. The predicted octanol–water partition coefficient (Wildman–Crippen LogP) is 3.36. The first-order valence-electron chi connectivity index (χ1n) is 7.13. The average Bonchev–Trinajstić information content (AvgIpc) is 2.50. The molecule has 3 N–H and O–H groups in total. The van der Waals surface area contributed by atoms with Crippen molar-refractivity contribution >= 4 is 0 Å². The number of aryl methyl sites for hydroxylation is 1. The van der Waals surface area contributed by atoms with Crippen LogP contribution in [0.3, 0.4) is 0 Å². The van der Waals surface area contributed by atoms with Gasteiger partial charge in [-0.05, 0) is 43.4 Å². The molecule has 0 saturated heterocycles. The van der Waals surface area contributed by atoms with Gasteiger partial charge in [0, 0.05) is 11.6 Å². The molecule has 112 valence electrons. The summed E-state index contributed by atoms with van der Waals surface area (Å²) in [7, 11) is 0. The number of halogens is 2. The van der Waals surface area contributed by atoms with E-state index in [4.69, 9.17) is 5.84 Å². The molecule has 0 fully saturated rings. The van der Waals surface area contributed by atoms with Crippen molar-refractivity contribution in [3.05, 3.63) is 71.3 Å². The first-order chi connectivity index (χ1) is 10.2. The smallest absolute Gasteiger partial charge is 0.129 e. The molecule has 0 amide bonds. The van der Waals surface area contributed by atoms with E-state index in [2.05, 4.69) is 17.6 Å². The summed E-state index contributed by atoms with van der Waals surface area (Å²) in [5.41, 5.74) is 4.01. The second kappa shape index (κ2) is 7.86. The van der Waals surface area contributed by atoms with Gasteiger partial charge in [-0.15, -0.1) is 0 Å². The van der Waals surface area contributed by atoms with E-state index < -0.39 is 11.6 Å². The molecule has 2 rings (SSSR count). The number of nitrogens with one attached hydrogen (secondary N) is 1. The quantitative estimate of drug-likeness (QED) is 0.606. The zero-order chi connectivity index (χ0) is 15.1. The lowest BCUT2D eigenvalue weighted by atomic mass is 9.99. The summed E-state index contributed by atoms with van der Waals surface area (Å²) in [6.07, 6.45) is 2.86. The van der Waals surface area contributed by atoms with Crippen LogP contribution in [0.5, 0.6) is 0 Å². The minimum Gasteiger partial charge on any atom is -0.271 e. The second-order valence-corrected chi connectivity index (χ2v) is 5.15. The van der Waals surface area contributed by atoms with Crippen LogP contribution in [0.15, 0.2) is 48.5 Å². The van der Waals surface area contributed by atoms with E-state index in [9.17, 15) is 8.78 Å². The van der Waals surface area contributed by atoms with Gasteiger partial charge in [0.15, 0.2) is 0 Å². The van der Waals surface area contributed by atoms with Crippen LogP contribution in [0.25, 0.3) is 0 Å². The number of hydrazine groups is 1. The highest BCUT2D eigenvalue weighted by atomic mass is 19.1. The van der Waals surface area contributed by atoms with Crippen LogP contribution in [0.2, 0.25) is 0 Å². The van der Waals surface area contributed by atoms with E-state index in [1.54, 1.807) is 0 Å². The summed E-state index contributed by atoms with van der Waals surface area (Å²) >= 11 is 0. The molecule has 0 heterocycles. The summed E-state index contributed by atoms with van der Waals surface area (Å²) in [4.78, 5) is 0. The Morgan fingerprint density at radius 1 is 0.952 bits per heavy atom. The Labute approximate surface area is 124 Å². The average molecular weight is 290 g/mol. The molecule has 0 aliphatic rings.